The summed E-state index contributed by atoms with van der Waals surface area (Å²) < 4.78 is 5.59. The minimum absolute atomic E-state index is 0.188. The normalized spacial score (nSPS) is 20.9. The fourth-order valence-electron chi connectivity index (χ4n) is 2.86. The van der Waals surface area contributed by atoms with E-state index in [0.29, 0.717) is 25.4 Å². The van der Waals surface area contributed by atoms with Crippen molar-refractivity contribution in [2.75, 3.05) is 19.8 Å². The Labute approximate surface area is 134 Å². The third-order valence-corrected chi connectivity index (χ3v) is 4.99. The zero-order valence-electron chi connectivity index (χ0n) is 12.4. The second kappa shape index (κ2) is 7.24. The summed E-state index contributed by atoms with van der Waals surface area (Å²) in [4.78, 5) is 3.33. The van der Waals surface area contributed by atoms with E-state index in [9.17, 15) is 10.2 Å². The smallest absolute Gasteiger partial charge is 0.115 e. The molecule has 1 aliphatic heterocycles. The molecule has 2 unspecified atom stereocenters. The fraction of sp³-hybridized carbons (Fsp3) is 0.412. The number of nitrogens with zero attached hydrogens (tertiary/aromatic N) is 1. The number of rotatable bonds is 5. The van der Waals surface area contributed by atoms with Crippen molar-refractivity contribution in [1.82, 2.24) is 4.90 Å². The summed E-state index contributed by atoms with van der Waals surface area (Å²) in [6.07, 6.45) is 0.220. The van der Waals surface area contributed by atoms with Gasteiger partial charge in [0.25, 0.3) is 0 Å². The van der Waals surface area contributed by atoms with Gasteiger partial charge in [-0.25, -0.2) is 0 Å². The van der Waals surface area contributed by atoms with Crippen LogP contribution in [-0.2, 0) is 11.3 Å². The van der Waals surface area contributed by atoms with Crippen molar-refractivity contribution in [2.45, 2.75) is 25.1 Å². The van der Waals surface area contributed by atoms with Crippen LogP contribution in [0.15, 0.2) is 41.8 Å². The first kappa shape index (κ1) is 15.5. The second-order valence-electron chi connectivity index (χ2n) is 5.64. The average Bonchev–Trinajstić information content (AvgIpc) is 3.04. The van der Waals surface area contributed by atoms with Crippen molar-refractivity contribution >= 4 is 11.3 Å². The van der Waals surface area contributed by atoms with Gasteiger partial charge in [0.1, 0.15) is 5.75 Å². The third-order valence-electron chi connectivity index (χ3n) is 4.01. The summed E-state index contributed by atoms with van der Waals surface area (Å²) in [5.74, 6) is 0.293. The SMILES string of the molecule is Oc1cccc(CN2CCOCC2CC(O)c2cccs2)c1. The molecule has 1 saturated heterocycles. The highest BCUT2D eigenvalue weighted by Gasteiger charge is 2.26. The molecule has 118 valence electrons. The van der Waals surface area contributed by atoms with Gasteiger partial charge in [0, 0.05) is 24.0 Å². The van der Waals surface area contributed by atoms with Crippen molar-refractivity contribution in [2.24, 2.45) is 0 Å². The molecule has 0 amide bonds. The van der Waals surface area contributed by atoms with Crippen LogP contribution in [0.4, 0.5) is 0 Å². The van der Waals surface area contributed by atoms with Gasteiger partial charge in [-0.2, -0.15) is 0 Å². The Morgan fingerprint density at radius 1 is 1.32 bits per heavy atom. The molecule has 1 aromatic heterocycles. The minimum Gasteiger partial charge on any atom is -0.508 e. The van der Waals surface area contributed by atoms with Crippen molar-refractivity contribution in [3.05, 3.63) is 52.2 Å². The third kappa shape index (κ3) is 3.87. The van der Waals surface area contributed by atoms with Gasteiger partial charge in [-0.1, -0.05) is 18.2 Å². The number of hydrogen-bond donors (Lipinski definition) is 2. The molecule has 0 radical (unpaired) electrons. The lowest BCUT2D eigenvalue weighted by molar-refractivity contribution is -0.0296. The van der Waals surface area contributed by atoms with Crippen molar-refractivity contribution in [3.63, 3.8) is 0 Å². The quantitative estimate of drug-likeness (QED) is 0.890. The summed E-state index contributed by atoms with van der Waals surface area (Å²) in [6.45, 7) is 2.96. The lowest BCUT2D eigenvalue weighted by Crippen LogP contribution is -2.45. The average molecular weight is 319 g/mol. The molecule has 0 bridgehead atoms. The molecule has 22 heavy (non-hydrogen) atoms. The molecule has 2 N–H and O–H groups in total. The van der Waals surface area contributed by atoms with Crippen molar-refractivity contribution < 1.29 is 14.9 Å². The molecule has 2 heterocycles. The molecular formula is C17H21NO3S. The van der Waals surface area contributed by atoms with Gasteiger partial charge < -0.3 is 14.9 Å². The van der Waals surface area contributed by atoms with E-state index in [-0.39, 0.29) is 6.04 Å². The van der Waals surface area contributed by atoms with Crippen LogP contribution in [0.1, 0.15) is 23.0 Å². The minimum atomic E-state index is -0.446. The lowest BCUT2D eigenvalue weighted by Gasteiger charge is -2.36. The molecule has 2 aromatic rings. The molecule has 5 heteroatoms. The van der Waals surface area contributed by atoms with E-state index in [1.54, 1.807) is 23.5 Å². The molecule has 0 saturated carbocycles. The van der Waals surface area contributed by atoms with E-state index >= 15 is 0 Å². The highest BCUT2D eigenvalue weighted by molar-refractivity contribution is 7.10. The van der Waals surface area contributed by atoms with Crippen molar-refractivity contribution in [3.8, 4) is 5.75 Å². The summed E-state index contributed by atoms with van der Waals surface area (Å²) in [7, 11) is 0. The van der Waals surface area contributed by atoms with E-state index in [2.05, 4.69) is 4.90 Å². The summed E-state index contributed by atoms with van der Waals surface area (Å²) in [5, 5.41) is 22.0. The molecule has 2 atom stereocenters. The molecule has 4 nitrogen and oxygen atoms in total. The molecule has 0 aliphatic carbocycles. The van der Waals surface area contributed by atoms with E-state index < -0.39 is 6.10 Å². The van der Waals surface area contributed by atoms with Crippen LogP contribution in [-0.4, -0.2) is 40.9 Å². The van der Waals surface area contributed by atoms with Gasteiger partial charge in [-0.05, 0) is 35.6 Å². The maximum absolute atomic E-state index is 10.4. The zero-order chi connectivity index (χ0) is 15.4. The van der Waals surface area contributed by atoms with Crippen LogP contribution in [0.3, 0.4) is 0 Å². The van der Waals surface area contributed by atoms with Crippen LogP contribution >= 0.6 is 11.3 Å². The highest BCUT2D eigenvalue weighted by Crippen LogP contribution is 2.27. The number of ether oxygens (including phenoxy) is 1. The number of phenols is 1. The largest absolute Gasteiger partial charge is 0.508 e. The zero-order valence-corrected chi connectivity index (χ0v) is 13.2. The molecule has 1 fully saturated rings. The topological polar surface area (TPSA) is 52.9 Å². The lowest BCUT2D eigenvalue weighted by atomic mass is 10.0. The molecule has 1 aliphatic rings. The maximum atomic E-state index is 10.4. The van der Waals surface area contributed by atoms with Gasteiger partial charge in [-0.15, -0.1) is 11.3 Å². The Bertz CT molecular complexity index is 587. The number of morpholine rings is 1. The number of aromatic hydroxyl groups is 1. The maximum Gasteiger partial charge on any atom is 0.115 e. The predicted octanol–water partition coefficient (Wildman–Crippen LogP) is 2.78. The van der Waals surface area contributed by atoms with Gasteiger partial charge >= 0.3 is 0 Å². The first-order valence-electron chi connectivity index (χ1n) is 7.53. The Kier molecular flexibility index (Phi) is 5.10. The summed E-state index contributed by atoms with van der Waals surface area (Å²) >= 11 is 1.58. The standard InChI is InChI=1S/C17H21NO3S/c19-15-4-1-3-13(9-15)11-18-6-7-21-12-14(18)10-16(20)17-5-2-8-22-17/h1-5,8-9,14,16,19-20H,6-7,10-12H2. The van der Waals surface area contributed by atoms with Crippen LogP contribution in [0.5, 0.6) is 5.75 Å². The summed E-state index contributed by atoms with van der Waals surface area (Å²) in [5.41, 5.74) is 1.08. The van der Waals surface area contributed by atoms with Crippen molar-refractivity contribution in [1.29, 1.82) is 0 Å². The summed E-state index contributed by atoms with van der Waals surface area (Å²) in [6, 6.07) is 11.5. The van der Waals surface area contributed by atoms with Gasteiger partial charge in [-0.3, -0.25) is 4.90 Å². The van der Waals surface area contributed by atoms with Crippen LogP contribution in [0.25, 0.3) is 0 Å². The highest BCUT2D eigenvalue weighted by atomic mass is 32.1. The van der Waals surface area contributed by atoms with Crippen LogP contribution in [0.2, 0.25) is 0 Å². The molecule has 3 rings (SSSR count). The molecule has 1 aromatic carbocycles. The first-order valence-corrected chi connectivity index (χ1v) is 8.41. The Morgan fingerprint density at radius 3 is 3.00 bits per heavy atom. The Balaban J connectivity index is 1.66. The van der Waals surface area contributed by atoms with Gasteiger partial charge in [0.05, 0.1) is 19.3 Å². The number of benzene rings is 1. The number of phenolic OH excluding ortho intramolecular Hbond substituents is 1. The van der Waals surface area contributed by atoms with E-state index in [1.165, 1.54) is 0 Å². The number of aliphatic hydroxyl groups excluding tert-OH is 1. The number of hydrogen-bond acceptors (Lipinski definition) is 5. The first-order chi connectivity index (χ1) is 10.7. The predicted molar refractivity (Wildman–Crippen MR) is 87.0 cm³/mol. The van der Waals surface area contributed by atoms with Crippen LogP contribution in [0, 0.1) is 0 Å². The monoisotopic (exact) mass is 319 g/mol. The van der Waals surface area contributed by atoms with E-state index in [1.807, 2.05) is 29.6 Å². The van der Waals surface area contributed by atoms with Gasteiger partial charge in [0.2, 0.25) is 0 Å². The Hall–Kier alpha value is -1.40. The number of aliphatic hydroxyl groups is 1. The van der Waals surface area contributed by atoms with E-state index in [4.69, 9.17) is 4.74 Å². The van der Waals surface area contributed by atoms with Gasteiger partial charge in [0.15, 0.2) is 0 Å². The molecule has 0 spiro atoms. The van der Waals surface area contributed by atoms with E-state index in [0.717, 1.165) is 23.5 Å². The number of thiophene rings is 1. The fourth-order valence-corrected chi connectivity index (χ4v) is 3.58. The molecular weight excluding hydrogens is 298 g/mol. The van der Waals surface area contributed by atoms with Crippen LogP contribution < -0.4 is 0 Å². The Morgan fingerprint density at radius 2 is 2.23 bits per heavy atom. The second-order valence-corrected chi connectivity index (χ2v) is 6.62.